The highest BCUT2D eigenvalue weighted by Gasteiger charge is 2.44. The second-order valence-corrected chi connectivity index (χ2v) is 7.09. The summed E-state index contributed by atoms with van der Waals surface area (Å²) in [4.78, 5) is 14.8. The lowest BCUT2D eigenvalue weighted by atomic mass is 9.96. The minimum absolute atomic E-state index is 0.105. The van der Waals surface area contributed by atoms with Crippen molar-refractivity contribution >= 4 is 29.1 Å². The quantitative estimate of drug-likeness (QED) is 0.915. The molecule has 0 aromatic heterocycles. The summed E-state index contributed by atoms with van der Waals surface area (Å²) in [5.41, 5.74) is 6.69. The Kier molecular flexibility index (Phi) is 4.17. The maximum Gasteiger partial charge on any atom is 0.243 e. The summed E-state index contributed by atoms with van der Waals surface area (Å²) >= 11 is 12.0. The molecule has 0 unspecified atom stereocenters. The molecule has 0 heterocycles. The topological polar surface area (TPSA) is 46.3 Å². The molecule has 0 spiro atoms. The molecule has 2 aliphatic rings. The maximum atomic E-state index is 12.8. The third-order valence-electron chi connectivity index (χ3n) is 4.51. The summed E-state index contributed by atoms with van der Waals surface area (Å²) in [6.45, 7) is 0.569. The van der Waals surface area contributed by atoms with E-state index in [1.165, 1.54) is 0 Å². The third-order valence-corrected chi connectivity index (χ3v) is 5.25. The van der Waals surface area contributed by atoms with Crippen molar-refractivity contribution in [3.63, 3.8) is 0 Å². The predicted octanol–water partition coefficient (Wildman–Crippen LogP) is 3.76. The maximum absolute atomic E-state index is 12.8. The molecule has 0 atom stereocenters. The van der Waals surface area contributed by atoms with Crippen molar-refractivity contribution < 1.29 is 4.79 Å². The Morgan fingerprint density at radius 1 is 1.24 bits per heavy atom. The Labute approximate surface area is 135 Å². The van der Waals surface area contributed by atoms with Crippen molar-refractivity contribution in [3.05, 3.63) is 33.8 Å². The number of rotatable bonds is 4. The fourth-order valence-corrected chi connectivity index (χ4v) is 3.41. The molecule has 0 bridgehead atoms. The van der Waals surface area contributed by atoms with Crippen LogP contribution in [0.15, 0.2) is 18.2 Å². The summed E-state index contributed by atoms with van der Waals surface area (Å²) in [5, 5.41) is 1.07. The van der Waals surface area contributed by atoms with Gasteiger partial charge in [0.05, 0.1) is 15.6 Å². The van der Waals surface area contributed by atoms with Gasteiger partial charge in [-0.25, -0.2) is 0 Å². The van der Waals surface area contributed by atoms with Gasteiger partial charge < -0.3 is 10.6 Å². The van der Waals surface area contributed by atoms with Crippen LogP contribution in [0.3, 0.4) is 0 Å². The minimum Gasteiger partial charge on any atom is -0.334 e. The largest absolute Gasteiger partial charge is 0.334 e. The zero-order valence-electron chi connectivity index (χ0n) is 11.9. The first kappa shape index (κ1) is 15.1. The Morgan fingerprint density at radius 2 is 1.90 bits per heavy atom. The van der Waals surface area contributed by atoms with Crippen molar-refractivity contribution in [2.45, 2.75) is 56.7 Å². The van der Waals surface area contributed by atoms with Gasteiger partial charge in [-0.05, 0) is 43.4 Å². The Balaban J connectivity index is 1.78. The van der Waals surface area contributed by atoms with Gasteiger partial charge in [0.15, 0.2) is 0 Å². The number of carbonyl (C=O) groups is 1. The zero-order chi connectivity index (χ0) is 15.0. The second kappa shape index (κ2) is 5.79. The van der Waals surface area contributed by atoms with Gasteiger partial charge in [-0.2, -0.15) is 0 Å². The average molecular weight is 327 g/mol. The second-order valence-electron chi connectivity index (χ2n) is 6.28. The smallest absolute Gasteiger partial charge is 0.243 e. The summed E-state index contributed by atoms with van der Waals surface area (Å²) in [7, 11) is 0. The third kappa shape index (κ3) is 3.20. The normalized spacial score (nSPS) is 20.5. The molecule has 1 aromatic rings. The summed E-state index contributed by atoms with van der Waals surface area (Å²) in [6.07, 6.45) is 5.85. The molecule has 3 nitrogen and oxygen atoms in total. The van der Waals surface area contributed by atoms with Crippen LogP contribution in [-0.2, 0) is 11.3 Å². The van der Waals surface area contributed by atoms with Crippen LogP contribution in [-0.4, -0.2) is 22.4 Å². The lowest BCUT2D eigenvalue weighted by molar-refractivity contribution is -0.138. The molecule has 2 N–H and O–H groups in total. The monoisotopic (exact) mass is 326 g/mol. The first-order chi connectivity index (χ1) is 9.99. The molecule has 5 heteroatoms. The molecular weight excluding hydrogens is 307 g/mol. The van der Waals surface area contributed by atoms with Gasteiger partial charge in [-0.15, -0.1) is 0 Å². The van der Waals surface area contributed by atoms with E-state index in [0.717, 1.165) is 44.1 Å². The lowest BCUT2D eigenvalue weighted by Gasteiger charge is -2.32. The molecule has 2 fully saturated rings. The first-order valence-electron chi connectivity index (χ1n) is 7.53. The van der Waals surface area contributed by atoms with Gasteiger partial charge in [-0.1, -0.05) is 42.1 Å². The summed E-state index contributed by atoms with van der Waals surface area (Å²) < 4.78 is 0. The molecular formula is C16H20Cl2N2O. The van der Waals surface area contributed by atoms with Gasteiger partial charge in [0.2, 0.25) is 5.91 Å². The number of hydrogen-bond acceptors (Lipinski definition) is 2. The van der Waals surface area contributed by atoms with Crippen LogP contribution in [0.1, 0.15) is 44.1 Å². The zero-order valence-corrected chi connectivity index (χ0v) is 13.5. The van der Waals surface area contributed by atoms with E-state index in [1.54, 1.807) is 6.07 Å². The Morgan fingerprint density at radius 3 is 2.48 bits per heavy atom. The van der Waals surface area contributed by atoms with E-state index in [4.69, 9.17) is 28.9 Å². The molecule has 1 aromatic carbocycles. The molecule has 0 aliphatic heterocycles. The summed E-state index contributed by atoms with van der Waals surface area (Å²) in [6, 6.07) is 5.88. The Hall–Kier alpha value is -0.770. The lowest BCUT2D eigenvalue weighted by Crippen LogP contribution is -2.54. The van der Waals surface area contributed by atoms with Crippen molar-refractivity contribution in [1.29, 1.82) is 0 Å². The number of carbonyl (C=O) groups excluding carboxylic acids is 1. The molecule has 21 heavy (non-hydrogen) atoms. The van der Waals surface area contributed by atoms with Crippen LogP contribution in [0.5, 0.6) is 0 Å². The number of nitrogens with zero attached hydrogens (tertiary/aromatic N) is 1. The van der Waals surface area contributed by atoms with Gasteiger partial charge in [0.1, 0.15) is 0 Å². The number of amides is 1. The molecule has 3 rings (SSSR count). The van der Waals surface area contributed by atoms with E-state index >= 15 is 0 Å². The van der Waals surface area contributed by atoms with Crippen molar-refractivity contribution in [2.75, 3.05) is 0 Å². The molecule has 2 aliphatic carbocycles. The molecule has 2 saturated carbocycles. The molecule has 1 amide bonds. The van der Waals surface area contributed by atoms with Crippen LogP contribution in [0.2, 0.25) is 10.0 Å². The van der Waals surface area contributed by atoms with E-state index in [2.05, 4.69) is 0 Å². The van der Waals surface area contributed by atoms with Crippen molar-refractivity contribution in [1.82, 2.24) is 4.90 Å². The predicted molar refractivity (Wildman–Crippen MR) is 85.4 cm³/mol. The van der Waals surface area contributed by atoms with Crippen molar-refractivity contribution in [3.8, 4) is 0 Å². The first-order valence-corrected chi connectivity index (χ1v) is 8.29. The molecule has 114 valence electrons. The van der Waals surface area contributed by atoms with Gasteiger partial charge >= 0.3 is 0 Å². The summed E-state index contributed by atoms with van der Waals surface area (Å²) in [5.74, 6) is 0.105. The van der Waals surface area contributed by atoms with E-state index in [-0.39, 0.29) is 5.91 Å². The van der Waals surface area contributed by atoms with Crippen LogP contribution in [0.25, 0.3) is 0 Å². The van der Waals surface area contributed by atoms with E-state index in [9.17, 15) is 4.79 Å². The highest BCUT2D eigenvalue weighted by Crippen LogP contribution is 2.35. The van der Waals surface area contributed by atoms with E-state index < -0.39 is 5.54 Å². The number of hydrogen-bond donors (Lipinski definition) is 1. The average Bonchev–Trinajstić information content (AvgIpc) is 3.21. The number of benzene rings is 1. The van der Waals surface area contributed by atoms with Crippen molar-refractivity contribution in [2.24, 2.45) is 5.73 Å². The Bertz CT molecular complexity index is 551. The fraction of sp³-hybridized carbons (Fsp3) is 0.562. The fourth-order valence-electron chi connectivity index (χ4n) is 3.09. The highest BCUT2D eigenvalue weighted by atomic mass is 35.5. The van der Waals surface area contributed by atoms with Crippen LogP contribution in [0.4, 0.5) is 0 Å². The van der Waals surface area contributed by atoms with Crippen LogP contribution in [0, 0.1) is 0 Å². The van der Waals surface area contributed by atoms with E-state index in [1.807, 2.05) is 17.0 Å². The van der Waals surface area contributed by atoms with Gasteiger partial charge in [0.25, 0.3) is 0 Å². The van der Waals surface area contributed by atoms with Crippen LogP contribution >= 0.6 is 23.2 Å². The number of halogens is 2. The standard InChI is InChI=1S/C16H20Cl2N2O/c17-13-6-3-11(9-14(13)18)10-20(12-4-5-12)15(21)16(19)7-1-2-8-16/h3,6,9,12H,1-2,4-5,7-8,10,19H2. The van der Waals surface area contributed by atoms with Crippen LogP contribution < -0.4 is 5.73 Å². The van der Waals surface area contributed by atoms with E-state index in [0.29, 0.717) is 22.6 Å². The van der Waals surface area contributed by atoms with Gasteiger partial charge in [0, 0.05) is 12.6 Å². The van der Waals surface area contributed by atoms with Gasteiger partial charge in [-0.3, -0.25) is 4.79 Å². The highest BCUT2D eigenvalue weighted by molar-refractivity contribution is 6.42. The minimum atomic E-state index is -0.654. The number of nitrogens with two attached hydrogens (primary N) is 1. The SMILES string of the molecule is NC1(C(=O)N(Cc2ccc(Cl)c(Cl)c2)C2CC2)CCCC1. The molecule has 0 saturated heterocycles. The molecule has 0 radical (unpaired) electrons.